The zero-order valence-corrected chi connectivity index (χ0v) is 10.4. The fourth-order valence-corrected chi connectivity index (χ4v) is 2.24. The van der Waals surface area contributed by atoms with Crippen LogP contribution >= 0.6 is 0 Å². The van der Waals surface area contributed by atoms with Gasteiger partial charge in [0.25, 0.3) is 0 Å². The second-order valence-corrected chi connectivity index (χ2v) is 6.67. The maximum atomic E-state index is 11.8. The van der Waals surface area contributed by atoms with Crippen LogP contribution in [-0.4, -0.2) is 31.4 Å². The molecular weight excluding hydrogens is 214 g/mol. The van der Waals surface area contributed by atoms with Crippen LogP contribution in [-0.2, 0) is 14.6 Å². The van der Waals surface area contributed by atoms with Crippen molar-refractivity contribution in [3.05, 3.63) is 12.7 Å². The number of hydrogen-bond acceptors (Lipinski definition) is 3. The fourth-order valence-electron chi connectivity index (χ4n) is 0.877. The van der Waals surface area contributed by atoms with Crippen molar-refractivity contribution in [2.75, 3.05) is 12.3 Å². The van der Waals surface area contributed by atoms with Gasteiger partial charge in [0, 0.05) is 6.54 Å². The Morgan fingerprint density at radius 1 is 1.47 bits per heavy atom. The Balaban J connectivity index is 4.30. The molecule has 88 valence electrons. The van der Waals surface area contributed by atoms with Crippen molar-refractivity contribution < 1.29 is 13.2 Å². The first-order chi connectivity index (χ1) is 6.77. The van der Waals surface area contributed by atoms with Gasteiger partial charge in [-0.25, -0.2) is 8.42 Å². The summed E-state index contributed by atoms with van der Waals surface area (Å²) in [6, 6.07) is 0. The molecule has 5 heteroatoms. The van der Waals surface area contributed by atoms with Crippen molar-refractivity contribution in [2.24, 2.45) is 0 Å². The van der Waals surface area contributed by atoms with E-state index in [0.29, 0.717) is 6.42 Å². The molecule has 0 bridgehead atoms. The van der Waals surface area contributed by atoms with Gasteiger partial charge in [0.1, 0.15) is 0 Å². The molecule has 0 fully saturated rings. The molecule has 0 atom stereocenters. The van der Waals surface area contributed by atoms with Crippen LogP contribution in [0.5, 0.6) is 0 Å². The van der Waals surface area contributed by atoms with Gasteiger partial charge in [0.15, 0.2) is 9.84 Å². The van der Waals surface area contributed by atoms with Gasteiger partial charge in [0.2, 0.25) is 5.91 Å². The maximum absolute atomic E-state index is 11.8. The van der Waals surface area contributed by atoms with Crippen molar-refractivity contribution in [3.8, 4) is 0 Å². The molecule has 1 N–H and O–H groups in total. The van der Waals surface area contributed by atoms with Crippen LogP contribution in [0.25, 0.3) is 0 Å². The smallest absolute Gasteiger partial charge is 0.243 e. The number of carbonyl (C=O) groups is 1. The molecule has 0 unspecified atom stereocenters. The van der Waals surface area contributed by atoms with Gasteiger partial charge >= 0.3 is 0 Å². The lowest BCUT2D eigenvalue weighted by atomic mass is 10.1. The normalized spacial score (nSPS) is 12.2. The Kier molecular flexibility index (Phi) is 5.00. The van der Waals surface area contributed by atoms with Crippen molar-refractivity contribution >= 4 is 15.7 Å². The van der Waals surface area contributed by atoms with E-state index in [1.165, 1.54) is 0 Å². The molecule has 1 amide bonds. The first-order valence-corrected chi connectivity index (χ1v) is 6.54. The Hall–Kier alpha value is -0.840. The molecule has 0 aliphatic carbocycles. The van der Waals surface area contributed by atoms with Crippen LogP contribution in [0, 0.1) is 0 Å². The van der Waals surface area contributed by atoms with E-state index in [2.05, 4.69) is 11.9 Å². The van der Waals surface area contributed by atoms with E-state index in [-0.39, 0.29) is 18.2 Å². The minimum atomic E-state index is -3.16. The number of sulfone groups is 1. The molecule has 0 aliphatic rings. The van der Waals surface area contributed by atoms with Crippen LogP contribution < -0.4 is 5.32 Å². The van der Waals surface area contributed by atoms with Gasteiger partial charge < -0.3 is 5.32 Å². The summed E-state index contributed by atoms with van der Waals surface area (Å²) in [5.74, 6) is -0.382. The second kappa shape index (κ2) is 5.30. The fraction of sp³-hybridized carbons (Fsp3) is 0.700. The topological polar surface area (TPSA) is 63.2 Å². The summed E-state index contributed by atoms with van der Waals surface area (Å²) in [5.41, 5.74) is 0. The molecule has 0 aromatic rings. The molecule has 0 heterocycles. The van der Waals surface area contributed by atoms with Crippen molar-refractivity contribution in [1.29, 1.82) is 0 Å². The van der Waals surface area contributed by atoms with E-state index in [1.54, 1.807) is 13.8 Å². The number of carbonyl (C=O) groups excluding carboxylic acids is 1. The molecule has 0 aliphatic heterocycles. The highest BCUT2D eigenvalue weighted by atomic mass is 32.2. The molecule has 0 saturated heterocycles. The van der Waals surface area contributed by atoms with E-state index < -0.39 is 14.6 Å². The van der Waals surface area contributed by atoms with Crippen LogP contribution in [0.4, 0.5) is 0 Å². The monoisotopic (exact) mass is 233 g/mol. The Bertz CT molecular complexity index is 331. The molecule has 0 aromatic carbocycles. The van der Waals surface area contributed by atoms with Crippen molar-refractivity contribution in [1.82, 2.24) is 5.32 Å². The summed E-state index contributed by atoms with van der Waals surface area (Å²) >= 11 is 0. The lowest BCUT2D eigenvalue weighted by Crippen LogP contribution is -2.37. The average molecular weight is 233 g/mol. The Labute approximate surface area is 91.7 Å². The quantitative estimate of drug-likeness (QED) is 0.693. The summed E-state index contributed by atoms with van der Waals surface area (Å²) < 4.78 is 22.8. The zero-order chi connectivity index (χ0) is 12.1. The molecule has 4 nitrogen and oxygen atoms in total. The highest BCUT2D eigenvalue weighted by Crippen LogP contribution is 2.20. The van der Waals surface area contributed by atoms with Crippen LogP contribution in [0.15, 0.2) is 12.7 Å². The third kappa shape index (κ3) is 4.03. The standard InChI is InChI=1S/C10H19NO3S/c1-5-9(12)11-7-8-15(13,14)10(3,4)6-2/h5H,1,6-8H2,2-4H3,(H,11,12). The minimum Gasteiger partial charge on any atom is -0.352 e. The van der Waals surface area contributed by atoms with E-state index >= 15 is 0 Å². The summed E-state index contributed by atoms with van der Waals surface area (Å²) in [5, 5.41) is 2.45. The highest BCUT2D eigenvalue weighted by molar-refractivity contribution is 7.92. The maximum Gasteiger partial charge on any atom is 0.243 e. The third-order valence-corrected chi connectivity index (χ3v) is 5.26. The van der Waals surface area contributed by atoms with Crippen LogP contribution in [0.1, 0.15) is 27.2 Å². The largest absolute Gasteiger partial charge is 0.352 e. The summed E-state index contributed by atoms with van der Waals surface area (Å²) in [6.07, 6.45) is 1.68. The molecule has 0 spiro atoms. The van der Waals surface area contributed by atoms with Gasteiger partial charge in [-0.05, 0) is 26.3 Å². The average Bonchev–Trinajstić information content (AvgIpc) is 2.16. The molecule has 15 heavy (non-hydrogen) atoms. The Morgan fingerprint density at radius 3 is 2.40 bits per heavy atom. The summed E-state index contributed by atoms with van der Waals surface area (Å²) in [4.78, 5) is 10.8. The summed E-state index contributed by atoms with van der Waals surface area (Å²) in [6.45, 7) is 8.63. The molecule has 0 radical (unpaired) electrons. The summed E-state index contributed by atoms with van der Waals surface area (Å²) in [7, 11) is -3.16. The molecule has 0 rings (SSSR count). The van der Waals surface area contributed by atoms with Gasteiger partial charge in [-0.3, -0.25) is 4.79 Å². The first-order valence-electron chi connectivity index (χ1n) is 4.89. The number of amides is 1. The van der Waals surface area contributed by atoms with E-state index in [0.717, 1.165) is 6.08 Å². The van der Waals surface area contributed by atoms with E-state index in [4.69, 9.17) is 0 Å². The first kappa shape index (κ1) is 14.2. The van der Waals surface area contributed by atoms with Crippen LogP contribution in [0.3, 0.4) is 0 Å². The minimum absolute atomic E-state index is 0.0343. The van der Waals surface area contributed by atoms with Crippen LogP contribution in [0.2, 0.25) is 0 Å². The zero-order valence-electron chi connectivity index (χ0n) is 9.54. The number of hydrogen-bond donors (Lipinski definition) is 1. The van der Waals surface area contributed by atoms with Gasteiger partial charge in [-0.2, -0.15) is 0 Å². The SMILES string of the molecule is C=CC(=O)NCCS(=O)(=O)C(C)(C)CC. The molecule has 0 aromatic heterocycles. The number of rotatable bonds is 6. The molecular formula is C10H19NO3S. The Morgan fingerprint density at radius 2 is 2.00 bits per heavy atom. The predicted octanol–water partition coefficient (Wildman–Crippen LogP) is 0.892. The third-order valence-electron chi connectivity index (χ3n) is 2.55. The number of nitrogens with one attached hydrogen (secondary N) is 1. The van der Waals surface area contributed by atoms with Gasteiger partial charge in [-0.1, -0.05) is 13.5 Å². The molecule has 0 saturated carbocycles. The van der Waals surface area contributed by atoms with Crippen molar-refractivity contribution in [3.63, 3.8) is 0 Å². The van der Waals surface area contributed by atoms with Crippen molar-refractivity contribution in [2.45, 2.75) is 31.9 Å². The lowest BCUT2D eigenvalue weighted by molar-refractivity contribution is -0.116. The van der Waals surface area contributed by atoms with E-state index in [1.807, 2.05) is 6.92 Å². The highest BCUT2D eigenvalue weighted by Gasteiger charge is 2.31. The van der Waals surface area contributed by atoms with Gasteiger partial charge in [-0.15, -0.1) is 0 Å². The van der Waals surface area contributed by atoms with Gasteiger partial charge in [0.05, 0.1) is 10.5 Å². The van der Waals surface area contributed by atoms with E-state index in [9.17, 15) is 13.2 Å². The predicted molar refractivity (Wildman–Crippen MR) is 61.4 cm³/mol. The lowest BCUT2D eigenvalue weighted by Gasteiger charge is -2.22. The second-order valence-electron chi connectivity index (χ2n) is 3.93.